The molecule has 0 radical (unpaired) electrons. The molecule has 9 rings (SSSR count). The Bertz CT molecular complexity index is 5370. The van der Waals surface area contributed by atoms with Gasteiger partial charge in [-0.15, -0.1) is 0 Å². The number of methoxy groups -OCH3 is 1. The summed E-state index contributed by atoms with van der Waals surface area (Å²) in [6, 6.07) is 13.9. The van der Waals surface area contributed by atoms with Crippen LogP contribution in [0.2, 0.25) is 0 Å². The molecule has 2 aliphatic rings. The number of ether oxygens (including phenoxy) is 1. The number of halogens is 1. The third-order valence-electron chi connectivity index (χ3n) is 22.4. The molecule has 2 saturated heterocycles. The number of phenolic OH excluding ortho intramolecular Hbond substituents is 1. The van der Waals surface area contributed by atoms with E-state index >= 15 is 38.4 Å². The van der Waals surface area contributed by atoms with Gasteiger partial charge >= 0.3 is 5.97 Å². The summed E-state index contributed by atoms with van der Waals surface area (Å²) in [6.45, 7) is 9.58. The number of nitrogens with one attached hydrogen (secondary N) is 17. The molecule has 11 atom stereocenters. The van der Waals surface area contributed by atoms with Crippen molar-refractivity contribution in [3.8, 4) is 11.5 Å². The largest absolute Gasteiger partial charge is 0.507 e. The number of hydrogen-bond donors (Lipinski definition) is 20. The van der Waals surface area contributed by atoms with E-state index in [1.54, 1.807) is 84.3 Å². The van der Waals surface area contributed by atoms with Crippen LogP contribution in [-0.2, 0) is 127 Å². The zero-order valence-corrected chi connectivity index (χ0v) is 81.8. The van der Waals surface area contributed by atoms with E-state index in [1.807, 2.05) is 52.9 Å². The van der Waals surface area contributed by atoms with Crippen molar-refractivity contribution in [2.75, 3.05) is 90.6 Å². The van der Waals surface area contributed by atoms with E-state index in [2.05, 4.69) is 99.7 Å². The number of carboxylic acids is 1. The number of aromatic nitrogens is 4. The number of imidazole rings is 2. The lowest BCUT2D eigenvalue weighted by Gasteiger charge is -2.31. The zero-order valence-electron chi connectivity index (χ0n) is 78.0. The lowest BCUT2D eigenvalue weighted by atomic mass is 9.98. The summed E-state index contributed by atoms with van der Waals surface area (Å²) in [6.07, 6.45) is 0.843. The Kier molecular flexibility index (Phi) is 43.5. The quantitative estimate of drug-likeness (QED) is 0.0152. The molecule has 0 aliphatic carbocycles. The van der Waals surface area contributed by atoms with Gasteiger partial charge in [-0.3, -0.25) is 91.3 Å². The number of rotatable bonds is 45. The number of carbonyl (C=O) groups is 17. The predicted octanol–water partition coefficient (Wildman–Crippen LogP) is -1.56. The minimum Gasteiger partial charge on any atom is -0.507 e. The van der Waals surface area contributed by atoms with Crippen molar-refractivity contribution in [2.45, 2.75) is 173 Å². The summed E-state index contributed by atoms with van der Waals surface area (Å²) in [5.41, 5.74) is 3.23. The van der Waals surface area contributed by atoms with Crippen LogP contribution in [-0.4, -0.2) is 308 Å². The Morgan fingerprint density at radius 2 is 1.04 bits per heavy atom. The molecule has 43 nitrogen and oxygen atoms in total. The SMILES string of the molecule is COc1ccc(C[C@H](NC(=O)CN(CCNC(C)=O)CCNC(C)=O)C(=O)N[C@@H](Cc2c[nH]cn2)C(=O)N[C@H]2CSSC[C@@H](C(=O)N[C@@H](Cc3c[nH]cn3)C(=O)N[C@@H](Cc3cccc4ccccc34)C(=O)NCc3ccc(CNC(=O)CN(CCNC(C)=O)CCNC(C)=O)cc3)NC(=O)[C@H](CC(C)C)NC(=O)[C@H](CC(=O)O)NC(=O)[C@H](Cc3ccc(O)c(I)c3)NC(=O)C3CC(O)CN3C2=O)cc1. The van der Waals surface area contributed by atoms with Gasteiger partial charge in [-0.25, -0.2) is 9.97 Å². The van der Waals surface area contributed by atoms with Crippen molar-refractivity contribution < 1.29 is 102 Å². The van der Waals surface area contributed by atoms with E-state index in [0.717, 1.165) is 37.3 Å². The monoisotopic (exact) mass is 2070 g/mol. The number of H-pyrrole nitrogens is 2. The van der Waals surface area contributed by atoms with Crippen molar-refractivity contribution in [1.82, 2.24) is 114 Å². The van der Waals surface area contributed by atoms with Crippen molar-refractivity contribution in [3.63, 3.8) is 0 Å². The number of hydrogen-bond acceptors (Lipinski definition) is 26. The smallest absolute Gasteiger partial charge is 0.305 e. The third-order valence-corrected chi connectivity index (χ3v) is 25.7. The molecule has 139 heavy (non-hydrogen) atoms. The van der Waals surface area contributed by atoms with Gasteiger partial charge in [-0.1, -0.05) is 120 Å². The summed E-state index contributed by atoms with van der Waals surface area (Å²) in [5, 5.41) is 75.0. The van der Waals surface area contributed by atoms with Crippen molar-refractivity contribution in [2.24, 2.45) is 5.92 Å². The van der Waals surface area contributed by atoms with Crippen molar-refractivity contribution in [3.05, 3.63) is 177 Å². The minimum absolute atomic E-state index is 0.0332. The van der Waals surface area contributed by atoms with Gasteiger partial charge in [0.05, 0.1) is 60.3 Å². The van der Waals surface area contributed by atoms with Crippen LogP contribution in [0.15, 0.2) is 134 Å². The number of aliphatic carboxylic acids is 1. The Balaban J connectivity index is 1.05. The molecular weight excluding hydrogens is 1950 g/mol. The molecule has 2 aromatic heterocycles. The molecule has 2 unspecified atom stereocenters. The van der Waals surface area contributed by atoms with Gasteiger partial charge in [0.1, 0.15) is 71.9 Å². The van der Waals surface area contributed by atoms with E-state index in [4.69, 9.17) is 4.74 Å². The topological polar surface area (TPSA) is 608 Å². The molecule has 0 saturated carbocycles. The highest BCUT2D eigenvalue weighted by molar-refractivity contribution is 14.1. The highest BCUT2D eigenvalue weighted by atomic mass is 127. The number of nitrogens with zero attached hydrogens (tertiary/aromatic N) is 5. The molecule has 0 bridgehead atoms. The van der Waals surface area contributed by atoms with Crippen molar-refractivity contribution in [1.29, 1.82) is 0 Å². The van der Waals surface area contributed by atoms with Crippen LogP contribution in [0, 0.1) is 9.49 Å². The highest BCUT2D eigenvalue weighted by Crippen LogP contribution is 2.29. The molecule has 748 valence electrons. The lowest BCUT2D eigenvalue weighted by Crippen LogP contribution is -2.61. The maximum atomic E-state index is 15.9. The van der Waals surface area contributed by atoms with E-state index in [9.17, 15) is 58.5 Å². The number of carbonyl (C=O) groups excluding carboxylic acids is 16. The van der Waals surface area contributed by atoms with E-state index < -0.39 is 181 Å². The fourth-order valence-corrected chi connectivity index (χ4v) is 18.2. The number of fused-ring (bicyclic) bond motifs is 2. The Labute approximate surface area is 823 Å². The van der Waals surface area contributed by atoms with Gasteiger partial charge in [-0.05, 0) is 97.8 Å². The van der Waals surface area contributed by atoms with Crippen LogP contribution < -0.4 is 84.5 Å². The van der Waals surface area contributed by atoms with Gasteiger partial charge in [0, 0.05) is 162 Å². The van der Waals surface area contributed by atoms with Gasteiger partial charge < -0.3 is 115 Å². The summed E-state index contributed by atoms with van der Waals surface area (Å²) in [7, 11) is 3.14. The number of benzene rings is 5. The van der Waals surface area contributed by atoms with Gasteiger partial charge in [0.2, 0.25) is 94.5 Å². The molecule has 16 amide bonds. The normalized spacial score (nSPS) is 18.0. The molecule has 7 aromatic rings. The first kappa shape index (κ1) is 109. The zero-order chi connectivity index (χ0) is 101. The number of carboxylic acid groups (broad SMARTS) is 1. The summed E-state index contributed by atoms with van der Waals surface area (Å²) in [5.74, 6) is -15.0. The summed E-state index contributed by atoms with van der Waals surface area (Å²) >= 11 is 1.83. The molecular formula is C93H121IN22O21S2. The first-order valence-corrected chi connectivity index (χ1v) is 48.7. The first-order chi connectivity index (χ1) is 66.4. The maximum Gasteiger partial charge on any atom is 0.305 e. The van der Waals surface area contributed by atoms with Gasteiger partial charge in [-0.2, -0.15) is 0 Å². The number of aromatic hydroxyl groups is 1. The fraction of sp³-hybridized carbons (Fsp3) is 0.452. The lowest BCUT2D eigenvalue weighted by molar-refractivity contribution is -0.143. The molecule has 2 fully saturated rings. The second-order valence-electron chi connectivity index (χ2n) is 34.0. The number of aliphatic hydroxyl groups is 1. The van der Waals surface area contributed by atoms with Crippen LogP contribution in [0.4, 0.5) is 0 Å². The van der Waals surface area contributed by atoms with Crippen LogP contribution >= 0.6 is 44.2 Å². The van der Waals surface area contributed by atoms with E-state index in [-0.39, 0.29) is 144 Å². The summed E-state index contributed by atoms with van der Waals surface area (Å²) < 4.78 is 5.69. The third kappa shape index (κ3) is 36.8. The second-order valence-corrected chi connectivity index (χ2v) is 37.7. The van der Waals surface area contributed by atoms with E-state index in [1.165, 1.54) is 78.1 Å². The van der Waals surface area contributed by atoms with Crippen LogP contribution in [0.1, 0.15) is 100 Å². The van der Waals surface area contributed by atoms with Crippen LogP contribution in [0.5, 0.6) is 11.5 Å². The number of amides is 16. The van der Waals surface area contributed by atoms with E-state index in [0.29, 0.717) is 50.2 Å². The maximum absolute atomic E-state index is 15.9. The van der Waals surface area contributed by atoms with Gasteiger partial charge in [0.15, 0.2) is 0 Å². The molecule has 5 aromatic carbocycles. The van der Waals surface area contributed by atoms with Crippen LogP contribution in [0.25, 0.3) is 10.8 Å². The van der Waals surface area contributed by atoms with Crippen molar-refractivity contribution >= 4 is 155 Å². The molecule has 46 heteroatoms. The highest BCUT2D eigenvalue weighted by Gasteiger charge is 2.45. The number of aromatic amines is 2. The predicted molar refractivity (Wildman–Crippen MR) is 521 cm³/mol. The van der Waals surface area contributed by atoms with Gasteiger partial charge in [0.25, 0.3) is 0 Å². The number of phenols is 1. The number of aliphatic hydroxyl groups excluding tert-OH is 1. The minimum atomic E-state index is -2.00. The Morgan fingerprint density at radius 1 is 0.540 bits per heavy atom. The molecule has 4 heterocycles. The average Bonchev–Trinajstić information content (AvgIpc) is 1.76. The fourth-order valence-electron chi connectivity index (χ4n) is 15.3. The average molecular weight is 2070 g/mol. The molecule has 20 N–H and O–H groups in total. The second kappa shape index (κ2) is 55.3. The Morgan fingerprint density at radius 3 is 1.60 bits per heavy atom. The Hall–Kier alpha value is -13.3. The summed E-state index contributed by atoms with van der Waals surface area (Å²) in [4.78, 5) is 259. The standard InChI is InChI=1S/C93H121IN22O21S2/c1-53(2)33-70-85(128)112-77(91(134)109-74(38-64-44-95-51-103-64)88(131)107-73(37-63-13-10-12-62-11-8-9-14-68(62)63)84(127)102-43-60-17-15-59(16-18-60)42-101-81(123)47-114(29-25-97-54(3)117)30-26-98-55(4)118)49-138-139-50-78(93(136)116-46-66(121)40-79(116)92(135)111-72(36-61-21-24-80(122)69(94)34-61)87(130)110-76(41-83(125)126)90(133)106-70)113-89(132)75(39-65-45-96-52-104-65)108-86(129)71(35-58-19-22-67(137-7)23-20-58)105-82(124)48-115(31-27-99-56(5)119)32-28-100-57(6)120/h8-24,34,44-45,51-53,66,70-79,121-122H,25-33,35-43,46-50H2,1-7H3,(H,95,103)(H,96,104)(H,97,117)(H,98,118)(H,99,119)(H,100,120)(H,101,123)(H,102,127)(H,105,124)(H,106,133)(H,107,131)(H,108,129)(H,109,134)(H,110,130)(H,111,135)(H,112,128)(H,113,132)(H,125,126)/t66?,70-,71-,72-,73-,74-,75-,76-,77-,78-,79?/m0/s1. The molecule has 0 spiro atoms. The molecule has 2 aliphatic heterocycles. The first-order valence-electron chi connectivity index (χ1n) is 45.2. The van der Waals surface area contributed by atoms with Crippen LogP contribution in [0.3, 0.4) is 0 Å².